The van der Waals surface area contributed by atoms with Crippen molar-refractivity contribution in [2.45, 2.75) is 26.4 Å². The first kappa shape index (κ1) is 14.7. The average Bonchev–Trinajstić information content (AvgIpc) is 2.78. The Hall–Kier alpha value is -2.70. The smallest absolute Gasteiger partial charge is 0.380 e. The van der Waals surface area contributed by atoms with E-state index in [1.54, 1.807) is 20.8 Å². The monoisotopic (exact) mass is 290 g/mol. The third-order valence-electron chi connectivity index (χ3n) is 2.71. The third kappa shape index (κ3) is 3.07. The van der Waals surface area contributed by atoms with Crippen LogP contribution in [-0.2, 0) is 9.53 Å². The van der Waals surface area contributed by atoms with Crippen LogP contribution in [0.2, 0.25) is 0 Å². The molecule has 0 saturated heterocycles. The summed E-state index contributed by atoms with van der Waals surface area (Å²) in [5.74, 6) is -1.83. The van der Waals surface area contributed by atoms with E-state index in [0.29, 0.717) is 10.9 Å². The number of ketones is 1. The largest absolute Gasteiger partial charge is 0.454 e. The maximum Gasteiger partial charge on any atom is 0.380 e. The van der Waals surface area contributed by atoms with Crippen LogP contribution in [0.4, 0.5) is 5.69 Å². The van der Waals surface area contributed by atoms with Crippen LogP contribution in [0.25, 0.3) is 10.9 Å². The highest BCUT2D eigenvalue weighted by Crippen LogP contribution is 2.24. The number of benzene rings is 1. The van der Waals surface area contributed by atoms with Crippen molar-refractivity contribution in [1.82, 2.24) is 4.98 Å². The van der Waals surface area contributed by atoms with E-state index >= 15 is 0 Å². The molecule has 0 radical (unpaired) electrons. The molecule has 0 amide bonds. The number of nitrogens with zero attached hydrogens (tertiary/aromatic N) is 1. The van der Waals surface area contributed by atoms with Gasteiger partial charge >= 0.3 is 5.97 Å². The number of non-ortho nitro benzene ring substituents is 1. The topological polar surface area (TPSA) is 102 Å². The van der Waals surface area contributed by atoms with Crippen LogP contribution in [0.5, 0.6) is 0 Å². The molecule has 0 spiro atoms. The zero-order valence-corrected chi connectivity index (χ0v) is 11.8. The molecule has 1 aromatic carbocycles. The molecule has 110 valence electrons. The van der Waals surface area contributed by atoms with E-state index in [-0.39, 0.29) is 11.3 Å². The van der Waals surface area contributed by atoms with Gasteiger partial charge in [-0.3, -0.25) is 14.9 Å². The maximum absolute atomic E-state index is 12.1. The highest BCUT2D eigenvalue weighted by Gasteiger charge is 2.26. The van der Waals surface area contributed by atoms with Crippen LogP contribution in [0.3, 0.4) is 0 Å². The molecule has 0 unspecified atom stereocenters. The van der Waals surface area contributed by atoms with Crippen molar-refractivity contribution in [3.05, 3.63) is 40.1 Å². The summed E-state index contributed by atoms with van der Waals surface area (Å²) in [4.78, 5) is 36.9. The number of fused-ring (bicyclic) bond motifs is 1. The number of rotatable bonds is 3. The van der Waals surface area contributed by atoms with Crippen LogP contribution in [0, 0.1) is 10.1 Å². The molecule has 2 rings (SSSR count). The number of aromatic nitrogens is 1. The Morgan fingerprint density at radius 2 is 1.95 bits per heavy atom. The van der Waals surface area contributed by atoms with E-state index in [1.165, 1.54) is 24.4 Å². The fourth-order valence-electron chi connectivity index (χ4n) is 1.84. The van der Waals surface area contributed by atoms with Crippen molar-refractivity contribution in [3.63, 3.8) is 0 Å². The summed E-state index contributed by atoms with van der Waals surface area (Å²) in [7, 11) is 0. The number of aromatic amines is 1. The second-order valence-corrected chi connectivity index (χ2v) is 5.52. The average molecular weight is 290 g/mol. The van der Waals surface area contributed by atoms with Crippen LogP contribution in [0.1, 0.15) is 31.1 Å². The normalized spacial score (nSPS) is 11.4. The Morgan fingerprint density at radius 3 is 2.52 bits per heavy atom. The van der Waals surface area contributed by atoms with Crippen LogP contribution >= 0.6 is 0 Å². The summed E-state index contributed by atoms with van der Waals surface area (Å²) in [5.41, 5.74) is -0.346. The summed E-state index contributed by atoms with van der Waals surface area (Å²) in [5, 5.41) is 11.1. The van der Waals surface area contributed by atoms with E-state index in [0.717, 1.165) is 0 Å². The van der Waals surface area contributed by atoms with Gasteiger partial charge in [0.2, 0.25) is 0 Å². The second kappa shape index (κ2) is 5.01. The van der Waals surface area contributed by atoms with E-state index in [4.69, 9.17) is 4.74 Å². The molecule has 0 atom stereocenters. The van der Waals surface area contributed by atoms with Crippen molar-refractivity contribution in [1.29, 1.82) is 0 Å². The summed E-state index contributed by atoms with van der Waals surface area (Å²) in [6.07, 6.45) is 1.35. The fraction of sp³-hybridized carbons (Fsp3) is 0.286. The van der Waals surface area contributed by atoms with Crippen molar-refractivity contribution in [2.24, 2.45) is 0 Å². The molecule has 0 aliphatic rings. The summed E-state index contributed by atoms with van der Waals surface area (Å²) < 4.78 is 5.01. The predicted molar refractivity (Wildman–Crippen MR) is 75.1 cm³/mol. The zero-order chi connectivity index (χ0) is 15.8. The zero-order valence-electron chi connectivity index (χ0n) is 11.8. The number of hydrogen-bond acceptors (Lipinski definition) is 5. The van der Waals surface area contributed by atoms with Crippen LogP contribution in [-0.4, -0.2) is 27.3 Å². The van der Waals surface area contributed by atoms with E-state index in [1.807, 2.05) is 0 Å². The number of H-pyrrole nitrogens is 1. The quantitative estimate of drug-likeness (QED) is 0.308. The number of Topliss-reactive ketones (excluding diaryl/α,β-unsaturated/α-hetero) is 1. The van der Waals surface area contributed by atoms with Gasteiger partial charge in [-0.05, 0) is 26.8 Å². The highest BCUT2D eigenvalue weighted by molar-refractivity contribution is 6.43. The molecule has 0 bridgehead atoms. The molecule has 1 aromatic heterocycles. The van der Waals surface area contributed by atoms with Gasteiger partial charge in [-0.25, -0.2) is 4.79 Å². The fourth-order valence-corrected chi connectivity index (χ4v) is 1.84. The lowest BCUT2D eigenvalue weighted by Gasteiger charge is -2.18. The molecule has 0 fully saturated rings. The molecule has 2 aromatic rings. The number of hydrogen-bond donors (Lipinski definition) is 1. The highest BCUT2D eigenvalue weighted by atomic mass is 16.6. The van der Waals surface area contributed by atoms with Gasteiger partial charge in [-0.1, -0.05) is 0 Å². The first-order valence-electron chi connectivity index (χ1n) is 6.22. The van der Waals surface area contributed by atoms with Crippen molar-refractivity contribution < 1.29 is 19.2 Å². The Labute approximate surface area is 120 Å². The third-order valence-corrected chi connectivity index (χ3v) is 2.71. The lowest BCUT2D eigenvalue weighted by atomic mass is 10.1. The van der Waals surface area contributed by atoms with Gasteiger partial charge in [0.25, 0.3) is 11.5 Å². The Bertz CT molecular complexity index is 739. The van der Waals surface area contributed by atoms with Crippen LogP contribution < -0.4 is 0 Å². The van der Waals surface area contributed by atoms with E-state index in [2.05, 4.69) is 4.98 Å². The van der Waals surface area contributed by atoms with Crippen molar-refractivity contribution in [2.75, 3.05) is 0 Å². The van der Waals surface area contributed by atoms with Gasteiger partial charge in [-0.15, -0.1) is 0 Å². The van der Waals surface area contributed by atoms with Gasteiger partial charge in [-0.2, -0.15) is 0 Å². The lowest BCUT2D eigenvalue weighted by Crippen LogP contribution is -2.28. The molecule has 21 heavy (non-hydrogen) atoms. The number of esters is 1. The minimum absolute atomic E-state index is 0.0583. The van der Waals surface area contributed by atoms with Gasteiger partial charge in [0.15, 0.2) is 0 Å². The number of nitrogens with one attached hydrogen (secondary N) is 1. The second-order valence-electron chi connectivity index (χ2n) is 5.52. The van der Waals surface area contributed by atoms with Gasteiger partial charge in [0.05, 0.1) is 10.5 Å². The summed E-state index contributed by atoms with van der Waals surface area (Å²) in [6, 6.07) is 4.06. The molecule has 1 heterocycles. The number of carbonyl (C=O) groups is 2. The minimum Gasteiger partial charge on any atom is -0.454 e. The van der Waals surface area contributed by atoms with E-state index < -0.39 is 22.3 Å². The molecule has 0 saturated carbocycles. The van der Waals surface area contributed by atoms with Gasteiger partial charge in [0.1, 0.15) is 5.60 Å². The summed E-state index contributed by atoms with van der Waals surface area (Å²) >= 11 is 0. The molecule has 0 aliphatic carbocycles. The lowest BCUT2D eigenvalue weighted by molar-refractivity contribution is -0.384. The number of carbonyl (C=O) groups excluding carboxylic acids is 2. The number of nitro benzene ring substituents is 1. The standard InChI is InChI=1S/C14H14N2O5/c1-14(2,3)21-13(18)12(17)10-7-15-11-5-4-8(16(19)20)6-9(10)11/h4-7,15H,1-3H3. The Balaban J connectivity index is 2.42. The SMILES string of the molecule is CC(C)(C)OC(=O)C(=O)c1c[nH]c2ccc([N+](=O)[O-])cc12. The molecule has 0 aliphatic heterocycles. The van der Waals surface area contributed by atoms with Crippen molar-refractivity contribution in [3.8, 4) is 0 Å². The molecule has 1 N–H and O–H groups in total. The predicted octanol–water partition coefficient (Wildman–Crippen LogP) is 2.60. The minimum atomic E-state index is -0.991. The van der Waals surface area contributed by atoms with Crippen LogP contribution in [0.15, 0.2) is 24.4 Å². The number of nitro groups is 1. The molecule has 7 nitrogen and oxygen atoms in total. The Morgan fingerprint density at radius 1 is 1.29 bits per heavy atom. The maximum atomic E-state index is 12.1. The van der Waals surface area contributed by atoms with Gasteiger partial charge < -0.3 is 9.72 Å². The number of ether oxygens (including phenoxy) is 1. The van der Waals surface area contributed by atoms with Gasteiger partial charge in [0, 0.05) is 29.2 Å². The molecular weight excluding hydrogens is 276 g/mol. The molecule has 7 heteroatoms. The first-order chi connectivity index (χ1) is 9.69. The Kier molecular flexibility index (Phi) is 3.51. The first-order valence-corrected chi connectivity index (χ1v) is 6.22. The van der Waals surface area contributed by atoms with E-state index in [9.17, 15) is 19.7 Å². The molecular formula is C14H14N2O5. The summed E-state index contributed by atoms with van der Waals surface area (Å²) in [6.45, 7) is 4.95. The van der Waals surface area contributed by atoms with Crippen molar-refractivity contribution >= 4 is 28.3 Å².